The summed E-state index contributed by atoms with van der Waals surface area (Å²) in [5.41, 5.74) is 2.90. The number of fused-ring (bicyclic) bond motifs is 3. The van der Waals surface area contributed by atoms with Gasteiger partial charge in [0.1, 0.15) is 11.2 Å². The Kier molecular flexibility index (Phi) is 3.56. The Labute approximate surface area is 142 Å². The van der Waals surface area contributed by atoms with Crippen molar-refractivity contribution in [2.45, 2.75) is 31.8 Å². The Bertz CT molecular complexity index is 772. The molecular formula is C16H14Cl2N2OS. The average molecular weight is 353 g/mol. The van der Waals surface area contributed by atoms with Crippen molar-refractivity contribution in [3.8, 4) is 0 Å². The van der Waals surface area contributed by atoms with Gasteiger partial charge in [0.05, 0.1) is 5.56 Å². The van der Waals surface area contributed by atoms with Gasteiger partial charge in [-0.05, 0) is 43.4 Å². The Balaban J connectivity index is 1.73. The quantitative estimate of drug-likeness (QED) is 0.774. The molecule has 2 N–H and O–H groups in total. The molecule has 114 valence electrons. The van der Waals surface area contributed by atoms with Gasteiger partial charge in [-0.3, -0.25) is 4.79 Å². The molecule has 0 fully saturated rings. The fourth-order valence-corrected chi connectivity index (χ4v) is 5.00. The van der Waals surface area contributed by atoms with E-state index in [9.17, 15) is 4.79 Å². The summed E-state index contributed by atoms with van der Waals surface area (Å²) in [6.45, 7) is 0. The Morgan fingerprint density at radius 3 is 2.77 bits per heavy atom. The number of hydrogen-bond donors (Lipinski definition) is 2. The SMILES string of the molecule is O=C1NC(c2ccc(Cl)cc2Cl)Nc2sc3c(c21)CCCC3. The van der Waals surface area contributed by atoms with E-state index in [4.69, 9.17) is 23.2 Å². The molecule has 1 atom stereocenters. The predicted octanol–water partition coefficient (Wildman–Crippen LogP) is 4.79. The minimum Gasteiger partial charge on any atom is -0.353 e. The standard InChI is InChI=1S/C16H14Cl2N2OS/c17-8-5-6-9(11(18)7-8)14-19-15(21)13-10-3-1-2-4-12(10)22-16(13)20-14/h5-7,14,20H,1-4H2,(H,19,21). The van der Waals surface area contributed by atoms with E-state index in [1.807, 2.05) is 6.07 Å². The van der Waals surface area contributed by atoms with E-state index in [-0.39, 0.29) is 12.1 Å². The summed E-state index contributed by atoms with van der Waals surface area (Å²) in [6, 6.07) is 5.33. The minimum absolute atomic E-state index is 0.0100. The van der Waals surface area contributed by atoms with Crippen LogP contribution in [0.25, 0.3) is 0 Å². The molecular weight excluding hydrogens is 339 g/mol. The van der Waals surface area contributed by atoms with Gasteiger partial charge in [-0.1, -0.05) is 29.3 Å². The third-order valence-corrected chi connectivity index (χ3v) is 6.01. The van der Waals surface area contributed by atoms with Crippen molar-refractivity contribution in [2.24, 2.45) is 0 Å². The Hall–Kier alpha value is -1.23. The summed E-state index contributed by atoms with van der Waals surface area (Å²) < 4.78 is 0. The molecule has 0 radical (unpaired) electrons. The van der Waals surface area contributed by atoms with Gasteiger partial charge in [0.25, 0.3) is 5.91 Å². The maximum Gasteiger partial charge on any atom is 0.256 e. The minimum atomic E-state index is -0.315. The number of rotatable bonds is 1. The van der Waals surface area contributed by atoms with E-state index >= 15 is 0 Å². The van der Waals surface area contributed by atoms with Crippen molar-refractivity contribution in [1.82, 2.24) is 5.32 Å². The number of amides is 1. The number of carbonyl (C=O) groups is 1. The van der Waals surface area contributed by atoms with Crippen LogP contribution >= 0.6 is 34.5 Å². The fourth-order valence-electron chi connectivity index (χ4n) is 3.17. The zero-order valence-electron chi connectivity index (χ0n) is 11.7. The van der Waals surface area contributed by atoms with Gasteiger partial charge < -0.3 is 10.6 Å². The van der Waals surface area contributed by atoms with E-state index < -0.39 is 0 Å². The summed E-state index contributed by atoms with van der Waals surface area (Å²) in [5.74, 6) is -0.0100. The molecule has 1 aromatic carbocycles. The Morgan fingerprint density at radius 1 is 1.14 bits per heavy atom. The van der Waals surface area contributed by atoms with E-state index in [1.54, 1.807) is 23.5 Å². The van der Waals surface area contributed by atoms with Crippen LogP contribution in [-0.2, 0) is 12.8 Å². The maximum absolute atomic E-state index is 12.6. The first-order chi connectivity index (χ1) is 10.6. The highest BCUT2D eigenvalue weighted by molar-refractivity contribution is 7.16. The topological polar surface area (TPSA) is 41.1 Å². The van der Waals surface area contributed by atoms with Crippen LogP contribution in [0.5, 0.6) is 0 Å². The number of carbonyl (C=O) groups excluding carboxylic acids is 1. The molecule has 2 heterocycles. The number of halogens is 2. The average Bonchev–Trinajstić information content (AvgIpc) is 2.85. The van der Waals surface area contributed by atoms with Crippen molar-refractivity contribution in [1.29, 1.82) is 0 Å². The van der Waals surface area contributed by atoms with E-state index in [2.05, 4.69) is 10.6 Å². The monoisotopic (exact) mass is 352 g/mol. The lowest BCUT2D eigenvalue weighted by molar-refractivity contribution is 0.0935. The molecule has 1 aliphatic heterocycles. The summed E-state index contributed by atoms with van der Waals surface area (Å²) in [6.07, 6.45) is 4.14. The normalized spacial score (nSPS) is 19.9. The van der Waals surface area contributed by atoms with Crippen molar-refractivity contribution in [3.63, 3.8) is 0 Å². The number of nitrogens with one attached hydrogen (secondary N) is 2. The molecule has 0 spiro atoms. The molecule has 1 aromatic heterocycles. The van der Waals surface area contributed by atoms with E-state index in [0.717, 1.165) is 35.4 Å². The number of thiophene rings is 1. The van der Waals surface area contributed by atoms with Crippen molar-refractivity contribution in [2.75, 3.05) is 5.32 Å². The van der Waals surface area contributed by atoms with Gasteiger partial charge in [-0.15, -0.1) is 11.3 Å². The lowest BCUT2D eigenvalue weighted by atomic mass is 9.94. The highest BCUT2D eigenvalue weighted by Crippen LogP contribution is 2.42. The number of hydrogen-bond acceptors (Lipinski definition) is 3. The highest BCUT2D eigenvalue weighted by atomic mass is 35.5. The highest BCUT2D eigenvalue weighted by Gasteiger charge is 2.32. The van der Waals surface area contributed by atoms with Crippen LogP contribution in [0.3, 0.4) is 0 Å². The van der Waals surface area contributed by atoms with Gasteiger partial charge in [-0.25, -0.2) is 0 Å². The van der Waals surface area contributed by atoms with Gasteiger partial charge >= 0.3 is 0 Å². The molecule has 1 aliphatic carbocycles. The second kappa shape index (κ2) is 5.44. The maximum atomic E-state index is 12.6. The summed E-state index contributed by atoms with van der Waals surface area (Å²) in [7, 11) is 0. The predicted molar refractivity (Wildman–Crippen MR) is 91.3 cm³/mol. The smallest absolute Gasteiger partial charge is 0.256 e. The van der Waals surface area contributed by atoms with Gasteiger partial charge in [0, 0.05) is 20.5 Å². The summed E-state index contributed by atoms with van der Waals surface area (Å²) in [4.78, 5) is 13.9. The number of anilines is 1. The van der Waals surface area contributed by atoms with Crippen LogP contribution in [-0.4, -0.2) is 5.91 Å². The van der Waals surface area contributed by atoms with Crippen LogP contribution in [0.2, 0.25) is 10.0 Å². The van der Waals surface area contributed by atoms with Gasteiger partial charge in [-0.2, -0.15) is 0 Å². The van der Waals surface area contributed by atoms with Crippen LogP contribution in [0.1, 0.15) is 45.4 Å². The molecule has 0 saturated heterocycles. The fraction of sp³-hybridized carbons (Fsp3) is 0.312. The van der Waals surface area contributed by atoms with Crippen molar-refractivity contribution in [3.05, 3.63) is 49.8 Å². The number of benzene rings is 1. The van der Waals surface area contributed by atoms with Gasteiger partial charge in [0.2, 0.25) is 0 Å². The van der Waals surface area contributed by atoms with Gasteiger partial charge in [0.15, 0.2) is 0 Å². The second-order valence-corrected chi connectivity index (χ2v) is 7.58. The lowest BCUT2D eigenvalue weighted by Gasteiger charge is -2.27. The van der Waals surface area contributed by atoms with Crippen molar-refractivity contribution >= 4 is 45.4 Å². The number of aryl methyl sites for hydroxylation is 1. The molecule has 22 heavy (non-hydrogen) atoms. The third kappa shape index (κ3) is 2.30. The third-order valence-electron chi connectivity index (χ3n) is 4.22. The first kappa shape index (κ1) is 14.4. The zero-order chi connectivity index (χ0) is 15.3. The second-order valence-electron chi connectivity index (χ2n) is 5.63. The molecule has 0 bridgehead atoms. The molecule has 6 heteroatoms. The molecule has 2 aromatic rings. The zero-order valence-corrected chi connectivity index (χ0v) is 14.0. The van der Waals surface area contributed by atoms with Crippen LogP contribution < -0.4 is 10.6 Å². The molecule has 4 rings (SSSR count). The van der Waals surface area contributed by atoms with Crippen molar-refractivity contribution < 1.29 is 4.79 Å². The molecule has 1 amide bonds. The first-order valence-electron chi connectivity index (χ1n) is 7.30. The summed E-state index contributed by atoms with van der Waals surface area (Å²) >= 11 is 13.9. The molecule has 2 aliphatic rings. The molecule has 3 nitrogen and oxygen atoms in total. The largest absolute Gasteiger partial charge is 0.353 e. The molecule has 1 unspecified atom stereocenters. The van der Waals surface area contributed by atoms with Crippen LogP contribution in [0, 0.1) is 0 Å². The molecule has 0 saturated carbocycles. The first-order valence-corrected chi connectivity index (χ1v) is 8.87. The van der Waals surface area contributed by atoms with E-state index in [1.165, 1.54) is 16.9 Å². The Morgan fingerprint density at radius 2 is 1.95 bits per heavy atom. The van der Waals surface area contributed by atoms with Crippen LogP contribution in [0.15, 0.2) is 18.2 Å². The van der Waals surface area contributed by atoms with E-state index in [0.29, 0.717) is 10.0 Å². The lowest BCUT2D eigenvalue weighted by Crippen LogP contribution is -2.38. The van der Waals surface area contributed by atoms with Crippen LogP contribution in [0.4, 0.5) is 5.00 Å². The summed E-state index contributed by atoms with van der Waals surface area (Å²) in [5, 5.41) is 8.54.